The lowest BCUT2D eigenvalue weighted by Crippen LogP contribution is -2.17. The van der Waals surface area contributed by atoms with E-state index >= 15 is 0 Å². The number of nitrogens with zero attached hydrogens (tertiary/aromatic N) is 2. The molecule has 4 nitrogen and oxygen atoms in total. The third-order valence-corrected chi connectivity index (χ3v) is 4.89. The second-order valence-electron chi connectivity index (χ2n) is 5.79. The van der Waals surface area contributed by atoms with Crippen LogP contribution in [0.4, 0.5) is 9.52 Å². The summed E-state index contributed by atoms with van der Waals surface area (Å²) in [5, 5.41) is 3.39. The number of thiazole rings is 1. The third-order valence-electron chi connectivity index (χ3n) is 3.67. The van der Waals surface area contributed by atoms with E-state index < -0.39 is 0 Å². The van der Waals surface area contributed by atoms with Gasteiger partial charge in [-0.3, -0.25) is 10.1 Å². The van der Waals surface area contributed by atoms with Crippen LogP contribution < -0.4 is 5.32 Å². The Hall–Kier alpha value is -2.47. The van der Waals surface area contributed by atoms with Gasteiger partial charge in [0.05, 0.1) is 6.54 Å². The Bertz CT molecular complexity index is 853. The maximum Gasteiger partial charge on any atom is 0.274 e. The van der Waals surface area contributed by atoms with Crippen molar-refractivity contribution in [3.8, 4) is 0 Å². The van der Waals surface area contributed by atoms with Crippen molar-refractivity contribution in [1.29, 1.82) is 0 Å². The molecule has 3 rings (SSSR count). The molecule has 24 heavy (non-hydrogen) atoms. The first-order valence-electron chi connectivity index (χ1n) is 7.70. The zero-order valence-corrected chi connectivity index (χ0v) is 14.3. The molecule has 124 valence electrons. The van der Waals surface area contributed by atoms with Crippen molar-refractivity contribution < 1.29 is 9.18 Å². The SMILES string of the molecule is CC(C)c1cnc(NC(=O)c2cccn2Cc2ccccc2F)s1. The highest BCUT2D eigenvalue weighted by molar-refractivity contribution is 7.15. The first-order chi connectivity index (χ1) is 11.5. The fourth-order valence-electron chi connectivity index (χ4n) is 2.34. The van der Waals surface area contributed by atoms with E-state index in [0.29, 0.717) is 28.9 Å². The highest BCUT2D eigenvalue weighted by Crippen LogP contribution is 2.25. The number of benzene rings is 1. The summed E-state index contributed by atoms with van der Waals surface area (Å²) in [4.78, 5) is 17.8. The first-order valence-corrected chi connectivity index (χ1v) is 8.52. The maximum absolute atomic E-state index is 13.8. The minimum absolute atomic E-state index is 0.249. The monoisotopic (exact) mass is 343 g/mol. The molecule has 0 radical (unpaired) electrons. The van der Waals surface area contributed by atoms with Crippen LogP contribution in [0.2, 0.25) is 0 Å². The van der Waals surface area contributed by atoms with Gasteiger partial charge in [0.2, 0.25) is 0 Å². The van der Waals surface area contributed by atoms with Crippen molar-refractivity contribution in [2.45, 2.75) is 26.3 Å². The molecule has 0 aliphatic heterocycles. The summed E-state index contributed by atoms with van der Waals surface area (Å²) in [6.07, 6.45) is 3.55. The van der Waals surface area contributed by atoms with Gasteiger partial charge in [0.15, 0.2) is 5.13 Å². The molecule has 0 aliphatic rings. The van der Waals surface area contributed by atoms with Gasteiger partial charge in [-0.1, -0.05) is 32.0 Å². The highest BCUT2D eigenvalue weighted by Gasteiger charge is 2.14. The van der Waals surface area contributed by atoms with Crippen LogP contribution in [0, 0.1) is 5.82 Å². The van der Waals surface area contributed by atoms with Gasteiger partial charge in [0, 0.05) is 22.8 Å². The Morgan fingerprint density at radius 1 is 1.29 bits per heavy atom. The van der Waals surface area contributed by atoms with Crippen molar-refractivity contribution >= 4 is 22.4 Å². The van der Waals surface area contributed by atoms with E-state index in [2.05, 4.69) is 24.1 Å². The van der Waals surface area contributed by atoms with Crippen molar-refractivity contribution in [1.82, 2.24) is 9.55 Å². The van der Waals surface area contributed by atoms with Crippen molar-refractivity contribution in [3.05, 3.63) is 70.7 Å². The third kappa shape index (κ3) is 3.54. The van der Waals surface area contributed by atoms with Crippen LogP contribution in [-0.4, -0.2) is 15.5 Å². The lowest BCUT2D eigenvalue weighted by molar-refractivity contribution is 0.101. The van der Waals surface area contributed by atoms with E-state index in [1.807, 2.05) is 0 Å². The molecule has 0 saturated carbocycles. The quantitative estimate of drug-likeness (QED) is 0.741. The number of anilines is 1. The minimum atomic E-state index is -0.279. The van der Waals surface area contributed by atoms with E-state index in [9.17, 15) is 9.18 Å². The Balaban J connectivity index is 1.76. The zero-order valence-electron chi connectivity index (χ0n) is 13.5. The smallest absolute Gasteiger partial charge is 0.274 e. The normalized spacial score (nSPS) is 11.0. The van der Waals surface area contributed by atoms with Gasteiger partial charge in [-0.05, 0) is 24.1 Å². The van der Waals surface area contributed by atoms with Gasteiger partial charge in [-0.2, -0.15) is 0 Å². The predicted molar refractivity (Wildman–Crippen MR) is 94.1 cm³/mol. The number of amides is 1. The largest absolute Gasteiger partial charge is 0.339 e. The van der Waals surface area contributed by atoms with E-state index in [1.54, 1.807) is 47.3 Å². The molecule has 1 amide bonds. The predicted octanol–water partition coefficient (Wildman–Crippen LogP) is 4.51. The van der Waals surface area contributed by atoms with E-state index in [4.69, 9.17) is 0 Å². The first kappa shape index (κ1) is 16.4. The molecule has 0 saturated heterocycles. The second-order valence-corrected chi connectivity index (χ2v) is 6.85. The molecule has 0 unspecified atom stereocenters. The average molecular weight is 343 g/mol. The van der Waals surface area contributed by atoms with Crippen LogP contribution in [0.25, 0.3) is 0 Å². The molecule has 0 fully saturated rings. The van der Waals surface area contributed by atoms with Crippen LogP contribution in [0.1, 0.15) is 40.7 Å². The van der Waals surface area contributed by atoms with Crippen LogP contribution in [-0.2, 0) is 6.54 Å². The van der Waals surface area contributed by atoms with E-state index in [0.717, 1.165) is 4.88 Å². The second kappa shape index (κ2) is 6.97. The van der Waals surface area contributed by atoms with Crippen molar-refractivity contribution in [3.63, 3.8) is 0 Å². The number of carbonyl (C=O) groups is 1. The van der Waals surface area contributed by atoms with E-state index in [1.165, 1.54) is 17.4 Å². The Labute approximate surface area is 144 Å². The lowest BCUT2D eigenvalue weighted by atomic mass is 10.2. The van der Waals surface area contributed by atoms with Gasteiger partial charge in [0.1, 0.15) is 11.5 Å². The molecular weight excluding hydrogens is 325 g/mol. The van der Waals surface area contributed by atoms with Gasteiger partial charge in [0.25, 0.3) is 5.91 Å². The molecule has 1 N–H and O–H groups in total. The topological polar surface area (TPSA) is 46.9 Å². The molecule has 0 bridgehead atoms. The summed E-state index contributed by atoms with van der Waals surface area (Å²) in [5.41, 5.74) is 1.01. The zero-order chi connectivity index (χ0) is 17.1. The van der Waals surface area contributed by atoms with Gasteiger partial charge < -0.3 is 4.57 Å². The highest BCUT2D eigenvalue weighted by atomic mass is 32.1. The lowest BCUT2D eigenvalue weighted by Gasteiger charge is -2.09. The summed E-state index contributed by atoms with van der Waals surface area (Å²) in [5.74, 6) is -0.155. The number of aromatic nitrogens is 2. The maximum atomic E-state index is 13.8. The molecule has 0 spiro atoms. The fourth-order valence-corrected chi connectivity index (χ4v) is 3.15. The summed E-state index contributed by atoms with van der Waals surface area (Å²) >= 11 is 1.47. The fraction of sp³-hybridized carbons (Fsp3) is 0.222. The Morgan fingerprint density at radius 3 is 2.79 bits per heavy atom. The number of rotatable bonds is 5. The Kier molecular flexibility index (Phi) is 4.76. The molecule has 2 aromatic heterocycles. The molecule has 0 aliphatic carbocycles. The van der Waals surface area contributed by atoms with Crippen LogP contribution in [0.15, 0.2) is 48.8 Å². The average Bonchev–Trinajstić information content (AvgIpc) is 3.19. The van der Waals surface area contributed by atoms with Crippen LogP contribution in [0.3, 0.4) is 0 Å². The summed E-state index contributed by atoms with van der Waals surface area (Å²) in [6.45, 7) is 4.47. The number of carbonyl (C=O) groups excluding carboxylic acids is 1. The summed E-state index contributed by atoms with van der Waals surface area (Å²) in [7, 11) is 0. The molecule has 0 atom stereocenters. The van der Waals surface area contributed by atoms with Crippen LogP contribution in [0.5, 0.6) is 0 Å². The van der Waals surface area contributed by atoms with Crippen molar-refractivity contribution in [2.24, 2.45) is 0 Å². The number of hydrogen-bond donors (Lipinski definition) is 1. The van der Waals surface area contributed by atoms with Crippen LogP contribution >= 0.6 is 11.3 Å². The van der Waals surface area contributed by atoms with E-state index in [-0.39, 0.29) is 11.7 Å². The Morgan fingerprint density at radius 2 is 2.08 bits per heavy atom. The molecular formula is C18H18FN3OS. The summed E-state index contributed by atoms with van der Waals surface area (Å²) in [6, 6.07) is 10.1. The van der Waals surface area contributed by atoms with Gasteiger partial charge in [-0.25, -0.2) is 9.37 Å². The molecule has 2 heterocycles. The summed E-state index contributed by atoms with van der Waals surface area (Å²) < 4.78 is 15.5. The molecule has 3 aromatic rings. The molecule has 6 heteroatoms. The number of hydrogen-bond acceptors (Lipinski definition) is 3. The molecule has 1 aromatic carbocycles. The number of halogens is 1. The number of nitrogens with one attached hydrogen (secondary N) is 1. The minimum Gasteiger partial charge on any atom is -0.339 e. The standard InChI is InChI=1S/C18H18FN3OS/c1-12(2)16-10-20-18(24-16)21-17(23)15-8-5-9-22(15)11-13-6-3-4-7-14(13)19/h3-10,12H,11H2,1-2H3,(H,20,21,23). The van der Waals surface area contributed by atoms with Gasteiger partial charge >= 0.3 is 0 Å². The van der Waals surface area contributed by atoms with Gasteiger partial charge in [-0.15, -0.1) is 11.3 Å². The van der Waals surface area contributed by atoms with Crippen molar-refractivity contribution in [2.75, 3.05) is 5.32 Å².